The van der Waals surface area contributed by atoms with E-state index in [1.807, 2.05) is 20.8 Å². The number of alkyl halides is 8. The van der Waals surface area contributed by atoms with Crippen molar-refractivity contribution in [1.82, 2.24) is 20.9 Å². The second-order valence-corrected chi connectivity index (χ2v) is 19.9. The van der Waals surface area contributed by atoms with E-state index in [9.17, 15) is 31.1 Å². The molecule has 1 amide bonds. The largest absolute Gasteiger partial charge is 0.573 e. The van der Waals surface area contributed by atoms with Gasteiger partial charge in [0.05, 0.1) is 5.34 Å². The first kappa shape index (κ1) is 55.6. The number of carbonyl (C=O) groups excluding carboxylic acids is 1. The van der Waals surface area contributed by atoms with Gasteiger partial charge in [-0.1, -0.05) is 70.2 Å². The van der Waals surface area contributed by atoms with Gasteiger partial charge in [0.1, 0.15) is 51.5 Å². The van der Waals surface area contributed by atoms with Crippen LogP contribution in [-0.2, 0) is 4.74 Å². The van der Waals surface area contributed by atoms with Crippen molar-refractivity contribution in [3.63, 3.8) is 0 Å². The Labute approximate surface area is 412 Å². The molecule has 8 rings (SSSR count). The third-order valence-electron chi connectivity index (χ3n) is 12.8. The van der Waals surface area contributed by atoms with Crippen molar-refractivity contribution < 1.29 is 45.3 Å². The van der Waals surface area contributed by atoms with E-state index >= 15 is 0 Å². The number of piperidine rings is 2. The third-order valence-corrected chi connectivity index (χ3v) is 12.8. The van der Waals surface area contributed by atoms with Crippen molar-refractivity contribution in [3.05, 3.63) is 59.7 Å². The number of hydrogen-bond acceptors (Lipinski definition) is 9. The predicted octanol–water partition coefficient (Wildman–Crippen LogP) is 11.8. The molecule has 4 aliphatic heterocycles. The van der Waals surface area contributed by atoms with E-state index in [1.54, 1.807) is 23.1 Å². The van der Waals surface area contributed by atoms with Crippen molar-refractivity contribution in [2.75, 3.05) is 44.6 Å². The molecular formula is C49H68Cl2F6N8O4. The Balaban J connectivity index is 0.000000245. The van der Waals surface area contributed by atoms with Crippen LogP contribution in [0.2, 0.25) is 0 Å². The standard InChI is InChI=1S/C26H35F3N4O3.C21H27F3N4O.CH2Cl2.CH4/c1-24(2,3)36-23(34)33-14-12-25(13-15-33)22(30-17-18-8-5-4-6-9-18)31-21(32-25)19-10-7-11-20(16-19)35-26(27,28)29;22-21(23,24)29-17-8-4-7-16(13-17)18-27-19(20(28-18)9-11-25-12-10-20)26-14-15-5-2-1-3-6-15;2-1-3;/h7,10-11,16,18H,4-6,8-9,12-15,17H2,1-3H3,(H,30,31,32);4,7-8,13,15,25H,1-3,5-6,9-12,14H2,(H,26,27,28);1H2;1H4. The molecule has 2 saturated heterocycles. The first-order valence-corrected chi connectivity index (χ1v) is 24.7. The second-order valence-electron chi connectivity index (χ2n) is 19.1. The predicted molar refractivity (Wildman–Crippen MR) is 261 cm³/mol. The first-order valence-electron chi connectivity index (χ1n) is 23.6. The van der Waals surface area contributed by atoms with Gasteiger partial charge in [-0.05, 0) is 121 Å². The Kier molecular flexibility index (Phi) is 19.9. The summed E-state index contributed by atoms with van der Waals surface area (Å²) in [7, 11) is 0. The number of amides is 1. The van der Waals surface area contributed by atoms with Gasteiger partial charge < -0.3 is 35.1 Å². The first-order chi connectivity index (χ1) is 32.3. The number of hydrogen-bond donors (Lipinski definition) is 3. The molecule has 20 heteroatoms. The van der Waals surface area contributed by atoms with Gasteiger partial charge in [0.25, 0.3) is 0 Å². The van der Waals surface area contributed by atoms with Crippen molar-refractivity contribution >= 4 is 52.6 Å². The highest BCUT2D eigenvalue weighted by Crippen LogP contribution is 2.36. The van der Waals surface area contributed by atoms with E-state index in [-0.39, 0.29) is 30.4 Å². The van der Waals surface area contributed by atoms with E-state index < -0.39 is 29.4 Å². The van der Waals surface area contributed by atoms with Gasteiger partial charge in [-0.3, -0.25) is 20.0 Å². The number of halogens is 8. The summed E-state index contributed by atoms with van der Waals surface area (Å²) in [5.74, 6) is 3.23. The van der Waals surface area contributed by atoms with Crippen LogP contribution in [-0.4, -0.2) is 108 Å². The molecule has 2 aromatic rings. The Morgan fingerprint density at radius 3 is 1.49 bits per heavy atom. The van der Waals surface area contributed by atoms with Crippen LogP contribution in [0.4, 0.5) is 31.1 Å². The van der Waals surface area contributed by atoms with Gasteiger partial charge in [-0.2, -0.15) is 0 Å². The SMILES string of the molecule is C.CC(C)(C)OC(=O)N1CCC2(CC1)N=C(c1cccc(OC(F)(F)F)c1)NC2=NCC1CCCCC1.ClCCl.FC(F)(F)Oc1cccc(C2=NC3(CCNCC3)C(=NCC3CCCCC3)N2)c1. The van der Waals surface area contributed by atoms with Crippen molar-refractivity contribution in [3.8, 4) is 11.5 Å². The molecule has 12 nitrogen and oxygen atoms in total. The minimum Gasteiger partial charge on any atom is -0.444 e. The zero-order valence-corrected chi connectivity index (χ0v) is 40.5. The molecule has 4 heterocycles. The van der Waals surface area contributed by atoms with Crippen LogP contribution in [0, 0.1) is 11.8 Å². The highest BCUT2D eigenvalue weighted by atomic mass is 35.5. The number of likely N-dealkylation sites (tertiary alicyclic amines) is 1. The van der Waals surface area contributed by atoms with Crippen LogP contribution in [0.15, 0.2) is 68.5 Å². The van der Waals surface area contributed by atoms with E-state index in [2.05, 4.69) is 25.4 Å². The number of aliphatic imine (C=N–C) groups is 4. The molecule has 6 aliphatic rings. The van der Waals surface area contributed by atoms with Crippen LogP contribution >= 0.6 is 23.2 Å². The van der Waals surface area contributed by atoms with Crippen molar-refractivity contribution in [1.29, 1.82) is 0 Å². The highest BCUT2D eigenvalue weighted by Gasteiger charge is 2.46. The minimum atomic E-state index is -4.77. The molecular weight excluding hydrogens is 949 g/mol. The Morgan fingerprint density at radius 1 is 0.696 bits per heavy atom. The Hall–Kier alpha value is -4.29. The zero-order valence-electron chi connectivity index (χ0n) is 39.0. The molecule has 0 atom stereocenters. The van der Waals surface area contributed by atoms with Gasteiger partial charge in [0.2, 0.25) is 0 Å². The lowest BCUT2D eigenvalue weighted by atomic mass is 9.87. The van der Waals surface area contributed by atoms with Crippen LogP contribution < -0.4 is 25.4 Å². The lowest BCUT2D eigenvalue weighted by molar-refractivity contribution is -0.275. The molecule has 2 spiro atoms. The van der Waals surface area contributed by atoms with Gasteiger partial charge in [0, 0.05) is 37.3 Å². The number of nitrogens with one attached hydrogen (secondary N) is 3. The zero-order chi connectivity index (χ0) is 49.0. The Bertz CT molecular complexity index is 2100. The third kappa shape index (κ3) is 16.7. The van der Waals surface area contributed by atoms with Gasteiger partial charge >= 0.3 is 18.8 Å². The highest BCUT2D eigenvalue weighted by molar-refractivity contribution is 6.40. The number of benzene rings is 2. The topological polar surface area (TPSA) is 134 Å². The van der Waals surface area contributed by atoms with Crippen LogP contribution in [0.5, 0.6) is 11.5 Å². The van der Waals surface area contributed by atoms with E-state index in [4.69, 9.17) is 47.9 Å². The lowest BCUT2D eigenvalue weighted by Crippen LogP contribution is -2.51. The smallest absolute Gasteiger partial charge is 0.444 e. The summed E-state index contributed by atoms with van der Waals surface area (Å²) >= 11 is 9.53. The minimum absolute atomic E-state index is 0. The second kappa shape index (κ2) is 24.7. The average molecular weight is 1020 g/mol. The number of rotatable bonds is 8. The fraction of sp³-hybridized carbons (Fsp3) is 0.653. The fourth-order valence-electron chi connectivity index (χ4n) is 9.48. The summed E-state index contributed by atoms with van der Waals surface area (Å²) < 4.78 is 89.7. The molecule has 0 radical (unpaired) electrons. The summed E-state index contributed by atoms with van der Waals surface area (Å²) in [6.07, 6.45) is 5.19. The molecule has 69 heavy (non-hydrogen) atoms. The molecule has 3 N–H and O–H groups in total. The summed E-state index contributed by atoms with van der Waals surface area (Å²) in [6.45, 7) is 9.58. The number of carbonyl (C=O) groups is 1. The molecule has 2 aromatic carbocycles. The van der Waals surface area contributed by atoms with Crippen LogP contribution in [0.25, 0.3) is 0 Å². The summed E-state index contributed by atoms with van der Waals surface area (Å²) in [5, 5.41) is 10.2. The average Bonchev–Trinajstić information content (AvgIpc) is 3.82. The molecule has 4 fully saturated rings. The van der Waals surface area contributed by atoms with Crippen LogP contribution in [0.1, 0.15) is 129 Å². The molecule has 0 bridgehead atoms. The maximum atomic E-state index is 12.8. The summed E-state index contributed by atoms with van der Waals surface area (Å²) in [5.41, 5.74) is -0.566. The number of amidine groups is 4. The maximum absolute atomic E-state index is 12.8. The lowest BCUT2D eigenvalue weighted by Gasteiger charge is -2.37. The van der Waals surface area contributed by atoms with E-state index in [0.717, 1.165) is 57.0 Å². The number of ether oxygens (including phenoxy) is 3. The normalized spacial score (nSPS) is 21.7. The van der Waals surface area contributed by atoms with Gasteiger partial charge in [0.15, 0.2) is 0 Å². The molecule has 2 aliphatic carbocycles. The fourth-order valence-corrected chi connectivity index (χ4v) is 9.48. The summed E-state index contributed by atoms with van der Waals surface area (Å²) in [4.78, 5) is 34.0. The Morgan fingerprint density at radius 2 is 1.10 bits per heavy atom. The van der Waals surface area contributed by atoms with E-state index in [1.165, 1.54) is 81.7 Å². The maximum Gasteiger partial charge on any atom is 0.573 e. The van der Waals surface area contributed by atoms with Gasteiger partial charge in [-0.25, -0.2) is 4.79 Å². The quantitative estimate of drug-likeness (QED) is 0.177. The molecule has 0 unspecified atom stereocenters. The molecule has 384 valence electrons. The van der Waals surface area contributed by atoms with Crippen molar-refractivity contribution in [2.24, 2.45) is 31.8 Å². The van der Waals surface area contributed by atoms with Crippen LogP contribution in [0.3, 0.4) is 0 Å². The van der Waals surface area contributed by atoms with Crippen molar-refractivity contribution in [2.45, 2.75) is 147 Å². The molecule has 2 saturated carbocycles. The van der Waals surface area contributed by atoms with Gasteiger partial charge in [-0.15, -0.1) is 49.5 Å². The summed E-state index contributed by atoms with van der Waals surface area (Å²) in [6, 6.07) is 11.8. The van der Waals surface area contributed by atoms with E-state index in [0.29, 0.717) is 67.1 Å². The molecule has 0 aromatic heterocycles. The monoisotopic (exact) mass is 1020 g/mol. The number of nitrogens with zero attached hydrogens (tertiary/aromatic N) is 5.